The van der Waals surface area contributed by atoms with Crippen LogP contribution in [-0.4, -0.2) is 42.6 Å². The molecular weight excluding hydrogens is 216 g/mol. The minimum atomic E-state index is -0.648. The summed E-state index contributed by atoms with van der Waals surface area (Å²) in [6.45, 7) is 3.59. The van der Waals surface area contributed by atoms with E-state index in [1.165, 1.54) is 11.8 Å². The van der Waals surface area contributed by atoms with E-state index in [-0.39, 0.29) is 5.91 Å². The first-order chi connectivity index (χ1) is 7.02. The third-order valence-electron chi connectivity index (χ3n) is 1.68. The van der Waals surface area contributed by atoms with Crippen LogP contribution in [0.2, 0.25) is 0 Å². The smallest absolute Gasteiger partial charge is 0.328 e. The van der Waals surface area contributed by atoms with Crippen LogP contribution in [0.1, 0.15) is 13.8 Å². The van der Waals surface area contributed by atoms with Crippen LogP contribution in [0.3, 0.4) is 0 Å². The number of carbonyl (C=O) groups is 2. The van der Waals surface area contributed by atoms with Crippen LogP contribution >= 0.6 is 11.8 Å². The van der Waals surface area contributed by atoms with Gasteiger partial charge < -0.3 is 15.8 Å². The second-order valence-electron chi connectivity index (χ2n) is 3.04. The standard InChI is InChI=1S/C9H18N2O3S/c1-4-14-9(13)6(2)11-8(12)7(10)5-15-3/h6-7H,4-5,10H2,1-3H3,(H,11,12). The SMILES string of the molecule is CCOC(=O)C(C)NC(=O)C(N)CSC. The van der Waals surface area contributed by atoms with E-state index in [9.17, 15) is 9.59 Å². The van der Waals surface area contributed by atoms with Gasteiger partial charge in [-0.05, 0) is 20.1 Å². The fourth-order valence-electron chi connectivity index (χ4n) is 0.902. The van der Waals surface area contributed by atoms with E-state index >= 15 is 0 Å². The van der Waals surface area contributed by atoms with Crippen molar-refractivity contribution in [3.63, 3.8) is 0 Å². The molecule has 88 valence electrons. The highest BCUT2D eigenvalue weighted by molar-refractivity contribution is 7.98. The maximum absolute atomic E-state index is 11.4. The largest absolute Gasteiger partial charge is 0.464 e. The van der Waals surface area contributed by atoms with Crippen molar-refractivity contribution in [1.82, 2.24) is 5.32 Å². The topological polar surface area (TPSA) is 81.4 Å². The lowest BCUT2D eigenvalue weighted by Gasteiger charge is -2.15. The van der Waals surface area contributed by atoms with Crippen LogP contribution in [-0.2, 0) is 14.3 Å². The fraction of sp³-hybridized carbons (Fsp3) is 0.778. The van der Waals surface area contributed by atoms with Gasteiger partial charge in [-0.25, -0.2) is 4.79 Å². The molecule has 5 nitrogen and oxygen atoms in total. The van der Waals surface area contributed by atoms with Crippen LogP contribution < -0.4 is 11.1 Å². The van der Waals surface area contributed by atoms with E-state index in [0.717, 1.165) is 0 Å². The van der Waals surface area contributed by atoms with Crippen LogP contribution in [0.25, 0.3) is 0 Å². The number of thioether (sulfide) groups is 1. The first kappa shape index (κ1) is 14.2. The van der Waals surface area contributed by atoms with Gasteiger partial charge in [0.2, 0.25) is 5.91 Å². The van der Waals surface area contributed by atoms with E-state index in [1.54, 1.807) is 13.8 Å². The average Bonchev–Trinajstić information content (AvgIpc) is 2.18. The number of amides is 1. The molecule has 0 radical (unpaired) electrons. The van der Waals surface area contributed by atoms with Gasteiger partial charge in [-0.15, -0.1) is 0 Å². The number of hydrogen-bond acceptors (Lipinski definition) is 5. The van der Waals surface area contributed by atoms with Gasteiger partial charge in [0.15, 0.2) is 0 Å². The van der Waals surface area contributed by atoms with E-state index in [1.807, 2.05) is 6.26 Å². The molecule has 1 amide bonds. The second kappa shape index (κ2) is 7.53. The van der Waals surface area contributed by atoms with Gasteiger partial charge in [0.05, 0.1) is 12.6 Å². The molecule has 0 aliphatic rings. The number of ether oxygens (including phenoxy) is 1. The fourth-order valence-corrected chi connectivity index (χ4v) is 1.41. The quantitative estimate of drug-likeness (QED) is 0.619. The number of nitrogens with one attached hydrogen (secondary N) is 1. The Labute approximate surface area is 94.1 Å². The van der Waals surface area contributed by atoms with E-state index < -0.39 is 18.1 Å². The second-order valence-corrected chi connectivity index (χ2v) is 3.95. The zero-order valence-electron chi connectivity index (χ0n) is 9.28. The molecule has 0 fully saturated rings. The Morgan fingerprint density at radius 1 is 1.53 bits per heavy atom. The molecule has 0 aliphatic carbocycles. The zero-order chi connectivity index (χ0) is 11.8. The minimum absolute atomic E-state index is 0.301. The van der Waals surface area contributed by atoms with Crippen LogP contribution in [0.5, 0.6) is 0 Å². The molecule has 0 aromatic heterocycles. The number of carbonyl (C=O) groups excluding carboxylic acids is 2. The Kier molecular flexibility index (Phi) is 7.15. The molecule has 15 heavy (non-hydrogen) atoms. The predicted octanol–water partition coefficient (Wildman–Crippen LogP) is -0.255. The summed E-state index contributed by atoms with van der Waals surface area (Å²) < 4.78 is 4.74. The normalized spacial score (nSPS) is 14.1. The van der Waals surface area contributed by atoms with Crippen LogP contribution in [0.4, 0.5) is 0 Å². The Morgan fingerprint density at radius 3 is 2.60 bits per heavy atom. The van der Waals surface area contributed by atoms with E-state index in [4.69, 9.17) is 10.5 Å². The van der Waals surface area contributed by atoms with Crippen molar-refractivity contribution in [3.05, 3.63) is 0 Å². The van der Waals surface area contributed by atoms with Crippen molar-refractivity contribution in [2.24, 2.45) is 5.73 Å². The maximum atomic E-state index is 11.4. The molecule has 0 rings (SSSR count). The van der Waals surface area contributed by atoms with Gasteiger partial charge in [-0.1, -0.05) is 0 Å². The number of rotatable bonds is 6. The molecule has 0 saturated carbocycles. The summed E-state index contributed by atoms with van der Waals surface area (Å²) in [5.74, 6) is -0.242. The maximum Gasteiger partial charge on any atom is 0.328 e. The van der Waals surface area contributed by atoms with Gasteiger partial charge in [-0.3, -0.25) is 4.79 Å². The molecular formula is C9H18N2O3S. The number of nitrogens with two attached hydrogens (primary N) is 1. The Morgan fingerprint density at radius 2 is 2.13 bits per heavy atom. The highest BCUT2D eigenvalue weighted by Gasteiger charge is 2.20. The van der Waals surface area contributed by atoms with Crippen molar-refractivity contribution in [3.8, 4) is 0 Å². The first-order valence-electron chi connectivity index (χ1n) is 4.74. The first-order valence-corrected chi connectivity index (χ1v) is 6.13. The molecule has 2 unspecified atom stereocenters. The monoisotopic (exact) mass is 234 g/mol. The van der Waals surface area contributed by atoms with Crippen molar-refractivity contribution in [2.75, 3.05) is 18.6 Å². The molecule has 6 heteroatoms. The van der Waals surface area contributed by atoms with Crippen molar-refractivity contribution in [2.45, 2.75) is 25.9 Å². The van der Waals surface area contributed by atoms with Crippen LogP contribution in [0.15, 0.2) is 0 Å². The molecule has 0 aliphatic heterocycles. The van der Waals surface area contributed by atoms with Crippen LogP contribution in [0, 0.1) is 0 Å². The number of esters is 1. The average molecular weight is 234 g/mol. The lowest BCUT2D eigenvalue weighted by molar-refractivity contribution is -0.146. The predicted molar refractivity (Wildman–Crippen MR) is 60.6 cm³/mol. The zero-order valence-corrected chi connectivity index (χ0v) is 10.1. The van der Waals surface area contributed by atoms with Gasteiger partial charge in [0, 0.05) is 5.75 Å². The summed E-state index contributed by atoms with van der Waals surface area (Å²) in [5, 5.41) is 2.50. The molecule has 3 N–H and O–H groups in total. The summed E-state index contributed by atoms with van der Waals surface area (Å²) in [5.41, 5.74) is 5.57. The summed E-state index contributed by atoms with van der Waals surface area (Å²) in [6, 6.07) is -1.23. The summed E-state index contributed by atoms with van der Waals surface area (Å²) >= 11 is 1.48. The van der Waals surface area contributed by atoms with Crippen molar-refractivity contribution < 1.29 is 14.3 Å². The van der Waals surface area contributed by atoms with Gasteiger partial charge in [0.1, 0.15) is 6.04 Å². The Hall–Kier alpha value is -0.750. The molecule has 2 atom stereocenters. The molecule has 0 aromatic carbocycles. The molecule has 0 spiro atoms. The highest BCUT2D eigenvalue weighted by Crippen LogP contribution is 1.96. The summed E-state index contributed by atoms with van der Waals surface area (Å²) in [6.07, 6.45) is 1.86. The van der Waals surface area contributed by atoms with Gasteiger partial charge >= 0.3 is 5.97 Å². The number of hydrogen-bond donors (Lipinski definition) is 2. The highest BCUT2D eigenvalue weighted by atomic mass is 32.2. The lowest BCUT2D eigenvalue weighted by atomic mass is 10.3. The summed E-state index contributed by atoms with van der Waals surface area (Å²) in [7, 11) is 0. The Balaban J connectivity index is 4.00. The third kappa shape index (κ3) is 5.64. The Bertz CT molecular complexity index is 223. The van der Waals surface area contributed by atoms with Gasteiger partial charge in [0.25, 0.3) is 0 Å². The molecule has 0 aromatic rings. The molecule has 0 heterocycles. The third-order valence-corrected chi connectivity index (χ3v) is 2.37. The molecule has 0 bridgehead atoms. The molecule has 0 saturated heterocycles. The van der Waals surface area contributed by atoms with Crippen molar-refractivity contribution >= 4 is 23.6 Å². The van der Waals surface area contributed by atoms with E-state index in [0.29, 0.717) is 12.4 Å². The van der Waals surface area contributed by atoms with Crippen molar-refractivity contribution in [1.29, 1.82) is 0 Å². The lowest BCUT2D eigenvalue weighted by Crippen LogP contribution is -2.48. The van der Waals surface area contributed by atoms with E-state index in [2.05, 4.69) is 5.32 Å². The van der Waals surface area contributed by atoms with Gasteiger partial charge in [-0.2, -0.15) is 11.8 Å². The summed E-state index contributed by atoms with van der Waals surface area (Å²) in [4.78, 5) is 22.6. The minimum Gasteiger partial charge on any atom is -0.464 e.